The van der Waals surface area contributed by atoms with E-state index >= 15 is 0 Å². The van der Waals surface area contributed by atoms with Crippen molar-refractivity contribution < 1.29 is 42.9 Å². The van der Waals surface area contributed by atoms with E-state index in [9.17, 15) is 19.2 Å². The molecule has 0 aromatic rings. The Morgan fingerprint density at radius 3 is 1.79 bits per heavy atom. The third-order valence-electron chi connectivity index (χ3n) is 3.03. The van der Waals surface area contributed by atoms with E-state index in [-0.39, 0.29) is 6.61 Å². The fraction of sp³-hybridized carbons (Fsp3) is 0.714. The number of carbonyl (C=O) groups excluding carboxylic acids is 4. The van der Waals surface area contributed by atoms with Crippen molar-refractivity contribution in [3.63, 3.8) is 0 Å². The largest absolute Gasteiger partial charge is 0.463 e. The number of esters is 4. The number of nitrogens with two attached hydrogens (primary N) is 1. The summed E-state index contributed by atoms with van der Waals surface area (Å²) in [5.74, 6) is -2.62. The van der Waals surface area contributed by atoms with E-state index in [4.69, 9.17) is 29.4 Å². The highest BCUT2D eigenvalue weighted by Crippen LogP contribution is 2.26. The molecule has 0 aromatic carbocycles. The van der Waals surface area contributed by atoms with Crippen LogP contribution in [0.5, 0.6) is 0 Å². The zero-order valence-corrected chi connectivity index (χ0v) is 13.8. The number of carbonyl (C=O) groups is 4. The zero-order chi connectivity index (χ0) is 18.4. The number of ether oxygens (including phenoxy) is 5. The first-order valence-electron chi connectivity index (χ1n) is 7.18. The smallest absolute Gasteiger partial charge is 0.304 e. The number of hydrogen-bond acceptors (Lipinski definition) is 10. The van der Waals surface area contributed by atoms with E-state index in [1.54, 1.807) is 0 Å². The Morgan fingerprint density at radius 1 is 0.833 bits per heavy atom. The van der Waals surface area contributed by atoms with Gasteiger partial charge in [-0.25, -0.2) is 0 Å². The SMILES string of the molecule is CC(=O)OC[C@@H]1OC(OC(C)=O)[C@@H](N)[C@H](OC(C)=O)[C@@H]1OC(C)=O. The van der Waals surface area contributed by atoms with E-state index in [0.29, 0.717) is 0 Å². The molecule has 24 heavy (non-hydrogen) atoms. The lowest BCUT2D eigenvalue weighted by atomic mass is 9.97. The van der Waals surface area contributed by atoms with Gasteiger partial charge in [-0.15, -0.1) is 0 Å². The van der Waals surface area contributed by atoms with Gasteiger partial charge < -0.3 is 29.4 Å². The molecule has 0 amide bonds. The summed E-state index contributed by atoms with van der Waals surface area (Å²) in [7, 11) is 0. The van der Waals surface area contributed by atoms with Crippen LogP contribution in [0.3, 0.4) is 0 Å². The quantitative estimate of drug-likeness (QED) is 0.487. The predicted octanol–water partition coefficient (Wildman–Crippen LogP) is -0.972. The van der Waals surface area contributed by atoms with Gasteiger partial charge in [-0.05, 0) is 0 Å². The van der Waals surface area contributed by atoms with Gasteiger partial charge in [0.25, 0.3) is 0 Å². The Kier molecular flexibility index (Phi) is 7.11. The normalized spacial score (nSPS) is 29.3. The highest BCUT2D eigenvalue weighted by atomic mass is 16.7. The monoisotopic (exact) mass is 347 g/mol. The summed E-state index contributed by atoms with van der Waals surface area (Å²) < 4.78 is 25.5. The van der Waals surface area contributed by atoms with Crippen LogP contribution in [0.1, 0.15) is 27.7 Å². The Balaban J connectivity index is 3.08. The first-order chi connectivity index (χ1) is 11.1. The zero-order valence-electron chi connectivity index (χ0n) is 13.8. The van der Waals surface area contributed by atoms with E-state index in [2.05, 4.69) is 0 Å². The minimum Gasteiger partial charge on any atom is -0.463 e. The first-order valence-corrected chi connectivity index (χ1v) is 7.18. The molecule has 0 bridgehead atoms. The fourth-order valence-electron chi connectivity index (χ4n) is 2.20. The molecule has 136 valence electrons. The summed E-state index contributed by atoms with van der Waals surface area (Å²) in [5, 5.41) is 0. The summed E-state index contributed by atoms with van der Waals surface area (Å²) in [6.07, 6.45) is -4.58. The van der Waals surface area contributed by atoms with Gasteiger partial charge >= 0.3 is 23.9 Å². The van der Waals surface area contributed by atoms with Gasteiger partial charge in [0.15, 0.2) is 12.2 Å². The van der Waals surface area contributed by atoms with Crippen molar-refractivity contribution in [3.05, 3.63) is 0 Å². The van der Waals surface area contributed by atoms with Crippen LogP contribution in [0.25, 0.3) is 0 Å². The molecule has 1 aliphatic heterocycles. The highest BCUT2D eigenvalue weighted by Gasteiger charge is 2.50. The second-order valence-electron chi connectivity index (χ2n) is 5.18. The topological polar surface area (TPSA) is 140 Å². The van der Waals surface area contributed by atoms with Crippen molar-refractivity contribution in [2.45, 2.75) is 58.3 Å². The number of rotatable bonds is 5. The highest BCUT2D eigenvalue weighted by molar-refractivity contribution is 5.68. The summed E-state index contributed by atoms with van der Waals surface area (Å²) in [5.41, 5.74) is 5.93. The van der Waals surface area contributed by atoms with Gasteiger partial charge in [0.05, 0.1) is 0 Å². The van der Waals surface area contributed by atoms with Crippen LogP contribution >= 0.6 is 0 Å². The van der Waals surface area contributed by atoms with Crippen LogP contribution in [-0.4, -0.2) is 61.1 Å². The van der Waals surface area contributed by atoms with Gasteiger partial charge in [0.1, 0.15) is 18.8 Å². The molecule has 0 spiro atoms. The second-order valence-corrected chi connectivity index (χ2v) is 5.18. The minimum absolute atomic E-state index is 0.310. The average molecular weight is 347 g/mol. The van der Waals surface area contributed by atoms with E-state index in [1.165, 1.54) is 6.92 Å². The van der Waals surface area contributed by atoms with Crippen LogP contribution in [-0.2, 0) is 42.9 Å². The fourth-order valence-corrected chi connectivity index (χ4v) is 2.20. The molecule has 10 nitrogen and oxygen atoms in total. The van der Waals surface area contributed by atoms with E-state index in [1.807, 2.05) is 0 Å². The molecule has 1 heterocycles. The molecular formula is C14H21NO9. The van der Waals surface area contributed by atoms with Crippen molar-refractivity contribution in [1.82, 2.24) is 0 Å². The minimum atomic E-state index is -1.26. The summed E-state index contributed by atoms with van der Waals surface area (Å²) in [4.78, 5) is 44.9. The molecule has 5 atom stereocenters. The van der Waals surface area contributed by atoms with Crippen molar-refractivity contribution >= 4 is 23.9 Å². The third kappa shape index (κ3) is 5.78. The Labute approximate surface area is 138 Å². The summed E-state index contributed by atoms with van der Waals surface area (Å²) in [6.45, 7) is 4.32. The van der Waals surface area contributed by atoms with Crippen LogP contribution in [0.4, 0.5) is 0 Å². The number of hydrogen-bond donors (Lipinski definition) is 1. The lowest BCUT2D eigenvalue weighted by Crippen LogP contribution is -2.65. The van der Waals surface area contributed by atoms with Gasteiger partial charge in [0, 0.05) is 27.7 Å². The molecule has 1 aliphatic rings. The van der Waals surface area contributed by atoms with Crippen LogP contribution in [0.2, 0.25) is 0 Å². The Bertz CT molecular complexity index is 490. The molecule has 0 aliphatic carbocycles. The Morgan fingerprint density at radius 2 is 1.33 bits per heavy atom. The van der Waals surface area contributed by atoms with Gasteiger partial charge in [-0.2, -0.15) is 0 Å². The molecule has 1 unspecified atom stereocenters. The van der Waals surface area contributed by atoms with E-state index < -0.39 is 54.5 Å². The van der Waals surface area contributed by atoms with Crippen molar-refractivity contribution in [1.29, 1.82) is 0 Å². The lowest BCUT2D eigenvalue weighted by Gasteiger charge is -2.42. The van der Waals surface area contributed by atoms with E-state index in [0.717, 1.165) is 20.8 Å². The van der Waals surface area contributed by atoms with Gasteiger partial charge in [-0.3, -0.25) is 19.2 Å². The molecule has 10 heteroatoms. The Hall–Kier alpha value is -2.20. The standard InChI is InChI=1S/C14H21NO9/c1-6(16)20-5-10-12(21-7(2)17)13(22-8(3)18)11(15)14(24-10)23-9(4)19/h10-14H,5,15H2,1-4H3/t10-,11-,12+,13-,14?/m0/s1. The molecule has 0 radical (unpaired) electrons. The maximum absolute atomic E-state index is 11.3. The molecule has 1 rings (SSSR count). The van der Waals surface area contributed by atoms with Crippen LogP contribution in [0.15, 0.2) is 0 Å². The van der Waals surface area contributed by atoms with Crippen molar-refractivity contribution in [2.75, 3.05) is 6.61 Å². The second kappa shape index (κ2) is 8.60. The molecule has 1 saturated heterocycles. The van der Waals surface area contributed by atoms with Crippen LogP contribution < -0.4 is 5.73 Å². The molecule has 2 N–H and O–H groups in total. The summed E-state index contributed by atoms with van der Waals surface area (Å²) in [6, 6.07) is -1.10. The lowest BCUT2D eigenvalue weighted by molar-refractivity contribution is -0.267. The third-order valence-corrected chi connectivity index (χ3v) is 3.03. The predicted molar refractivity (Wildman–Crippen MR) is 76.1 cm³/mol. The molecule has 0 aromatic heterocycles. The average Bonchev–Trinajstić information content (AvgIpc) is 2.42. The summed E-state index contributed by atoms with van der Waals surface area (Å²) >= 11 is 0. The van der Waals surface area contributed by atoms with Crippen molar-refractivity contribution in [3.8, 4) is 0 Å². The molecule has 0 saturated carbocycles. The van der Waals surface area contributed by atoms with Gasteiger partial charge in [-0.1, -0.05) is 0 Å². The van der Waals surface area contributed by atoms with Crippen molar-refractivity contribution in [2.24, 2.45) is 5.73 Å². The first kappa shape index (κ1) is 19.8. The maximum atomic E-state index is 11.3. The van der Waals surface area contributed by atoms with Crippen LogP contribution in [0, 0.1) is 0 Å². The van der Waals surface area contributed by atoms with Gasteiger partial charge in [0.2, 0.25) is 6.29 Å². The maximum Gasteiger partial charge on any atom is 0.304 e. The molecular weight excluding hydrogens is 326 g/mol. The molecule has 1 fully saturated rings.